The number of aliphatic hydroxyl groups is 2. The van der Waals surface area contributed by atoms with Crippen LogP contribution in [0.15, 0.2) is 30.5 Å². The molecular weight excluding hydrogens is 446 g/mol. The minimum atomic E-state index is -2.92. The summed E-state index contributed by atoms with van der Waals surface area (Å²) in [5.74, 6) is 1.53. The number of anilines is 2. The summed E-state index contributed by atoms with van der Waals surface area (Å²) in [6.45, 7) is 2.20. The Balaban J connectivity index is 1.49. The largest absolute Gasteiger partial charge is 0.435 e. The molecule has 0 radical (unpaired) electrons. The Morgan fingerprint density at radius 3 is 2.68 bits per heavy atom. The fraction of sp³-hybridized carbons (Fsp3) is 0.522. The van der Waals surface area contributed by atoms with Crippen molar-refractivity contribution in [2.24, 2.45) is 5.92 Å². The molecule has 0 spiro atoms. The third-order valence-electron chi connectivity index (χ3n) is 6.19. The first-order valence-electron chi connectivity index (χ1n) is 11.4. The summed E-state index contributed by atoms with van der Waals surface area (Å²) in [6.07, 6.45) is 3.30. The average molecular weight is 475 g/mol. The molecule has 1 aliphatic carbocycles. The minimum absolute atomic E-state index is 0.0319. The van der Waals surface area contributed by atoms with Gasteiger partial charge in [0.05, 0.1) is 29.0 Å². The Bertz CT molecular complexity index is 1170. The second kappa shape index (κ2) is 8.62. The number of rotatable bonds is 8. The van der Waals surface area contributed by atoms with Gasteiger partial charge in [0.25, 0.3) is 0 Å². The summed E-state index contributed by atoms with van der Waals surface area (Å²) in [6, 6.07) is 6.39. The molecular formula is C23H28F2N6O3. The molecule has 34 heavy (non-hydrogen) atoms. The highest BCUT2D eigenvalue weighted by molar-refractivity contribution is 5.89. The van der Waals surface area contributed by atoms with Crippen molar-refractivity contribution >= 4 is 22.8 Å². The van der Waals surface area contributed by atoms with Crippen LogP contribution in [-0.4, -0.2) is 67.4 Å². The van der Waals surface area contributed by atoms with Crippen LogP contribution in [0.2, 0.25) is 0 Å². The van der Waals surface area contributed by atoms with Crippen molar-refractivity contribution in [3.8, 4) is 11.4 Å². The Kier molecular flexibility index (Phi) is 5.76. The van der Waals surface area contributed by atoms with Gasteiger partial charge >= 0.3 is 6.61 Å². The number of hydrogen-bond donors (Lipinski definition) is 3. The number of halogens is 2. The molecule has 2 aromatic heterocycles. The van der Waals surface area contributed by atoms with E-state index in [0.29, 0.717) is 42.5 Å². The molecule has 1 saturated carbocycles. The maximum atomic E-state index is 12.7. The highest BCUT2D eigenvalue weighted by Gasteiger charge is 2.34. The van der Waals surface area contributed by atoms with E-state index in [1.165, 1.54) is 12.1 Å². The zero-order valence-electron chi connectivity index (χ0n) is 19.0. The van der Waals surface area contributed by atoms with Gasteiger partial charge in [0, 0.05) is 25.2 Å². The zero-order chi connectivity index (χ0) is 24.0. The van der Waals surface area contributed by atoms with Crippen LogP contribution in [-0.2, 0) is 0 Å². The molecule has 0 bridgehead atoms. The van der Waals surface area contributed by atoms with Crippen LogP contribution in [0, 0.1) is 5.92 Å². The quantitative estimate of drug-likeness (QED) is 0.457. The van der Waals surface area contributed by atoms with E-state index in [4.69, 9.17) is 4.98 Å². The monoisotopic (exact) mass is 474 g/mol. The lowest BCUT2D eigenvalue weighted by molar-refractivity contribution is -0.0498. The van der Waals surface area contributed by atoms with Crippen molar-refractivity contribution in [1.29, 1.82) is 0 Å². The number of nitrogens with one attached hydrogen (secondary N) is 1. The summed E-state index contributed by atoms with van der Waals surface area (Å²) in [4.78, 5) is 11.5. The Morgan fingerprint density at radius 1 is 1.24 bits per heavy atom. The molecule has 3 heterocycles. The summed E-state index contributed by atoms with van der Waals surface area (Å²) in [7, 11) is 0. The molecule has 182 valence electrons. The normalized spacial score (nSPS) is 21.0. The number of fused-ring (bicyclic) bond motifs is 1. The van der Waals surface area contributed by atoms with E-state index in [0.717, 1.165) is 24.3 Å². The molecule has 0 atom stereocenters. The first-order valence-corrected chi connectivity index (χ1v) is 11.4. The third-order valence-corrected chi connectivity index (χ3v) is 6.19. The van der Waals surface area contributed by atoms with Gasteiger partial charge in [0.1, 0.15) is 11.6 Å². The summed E-state index contributed by atoms with van der Waals surface area (Å²) >= 11 is 0. The van der Waals surface area contributed by atoms with Crippen LogP contribution in [0.1, 0.15) is 33.1 Å². The van der Waals surface area contributed by atoms with Crippen LogP contribution in [0.25, 0.3) is 16.7 Å². The minimum Gasteiger partial charge on any atom is -0.435 e. The van der Waals surface area contributed by atoms with Gasteiger partial charge in [-0.25, -0.2) is 4.68 Å². The van der Waals surface area contributed by atoms with Crippen molar-refractivity contribution in [2.75, 3.05) is 23.3 Å². The molecule has 11 heteroatoms. The fourth-order valence-electron chi connectivity index (χ4n) is 4.65. The van der Waals surface area contributed by atoms with Gasteiger partial charge in [-0.1, -0.05) is 6.07 Å². The summed E-state index contributed by atoms with van der Waals surface area (Å²) in [5, 5.41) is 28.3. The van der Waals surface area contributed by atoms with Gasteiger partial charge in [0.2, 0.25) is 5.95 Å². The molecule has 2 aliphatic rings. The van der Waals surface area contributed by atoms with E-state index in [1.807, 2.05) is 13.8 Å². The average Bonchev–Trinajstić information content (AvgIpc) is 3.12. The van der Waals surface area contributed by atoms with E-state index in [-0.39, 0.29) is 17.9 Å². The molecule has 0 amide bonds. The van der Waals surface area contributed by atoms with Crippen LogP contribution in [0.5, 0.6) is 5.75 Å². The highest BCUT2D eigenvalue weighted by Crippen LogP contribution is 2.35. The molecule has 3 aromatic rings. The van der Waals surface area contributed by atoms with E-state index in [1.54, 1.807) is 23.0 Å². The predicted molar refractivity (Wildman–Crippen MR) is 123 cm³/mol. The van der Waals surface area contributed by atoms with Gasteiger partial charge in [-0.05, 0) is 51.2 Å². The van der Waals surface area contributed by atoms with Crippen molar-refractivity contribution < 1.29 is 23.7 Å². The van der Waals surface area contributed by atoms with Crippen LogP contribution in [0.3, 0.4) is 0 Å². The lowest BCUT2D eigenvalue weighted by atomic mass is 9.88. The van der Waals surface area contributed by atoms with Gasteiger partial charge < -0.3 is 25.2 Å². The van der Waals surface area contributed by atoms with Crippen molar-refractivity contribution in [2.45, 2.75) is 57.5 Å². The number of alkyl halides is 2. The van der Waals surface area contributed by atoms with E-state index in [9.17, 15) is 19.0 Å². The molecule has 1 aromatic carbocycles. The SMILES string of the molecule is CC(C)(O)CC1CN(c2nc(N[C@H]3C[C@@H](O)C3)nc3c2cnn3-c2cccc(OC(F)F)c2)C1. The lowest BCUT2D eigenvalue weighted by Gasteiger charge is -2.42. The van der Waals surface area contributed by atoms with Crippen molar-refractivity contribution in [3.05, 3.63) is 30.5 Å². The lowest BCUT2D eigenvalue weighted by Crippen LogP contribution is -2.49. The standard InChI is InChI=1S/C23H28F2N6O3/c1-23(2,33)9-13-11-30(12-13)19-18-10-26-31(15-4-3-5-17(8-15)34-21(24)25)20(18)29-22(28-19)27-14-6-16(32)7-14/h3-5,8,10,13-14,16,21,32-33H,6-7,9,11-12H2,1-2H3,(H,27,28,29)/t14-,16+. The Morgan fingerprint density at radius 2 is 2.00 bits per heavy atom. The highest BCUT2D eigenvalue weighted by atomic mass is 19.3. The van der Waals surface area contributed by atoms with Gasteiger partial charge in [-0.15, -0.1) is 0 Å². The first-order chi connectivity index (χ1) is 16.1. The number of aromatic nitrogens is 4. The molecule has 3 N–H and O–H groups in total. The van der Waals surface area contributed by atoms with Crippen molar-refractivity contribution in [3.63, 3.8) is 0 Å². The van der Waals surface area contributed by atoms with Gasteiger partial charge in [0.15, 0.2) is 5.65 Å². The van der Waals surface area contributed by atoms with Gasteiger partial charge in [-0.3, -0.25) is 0 Å². The number of nitrogens with zero attached hydrogens (tertiary/aromatic N) is 5. The van der Waals surface area contributed by atoms with Crippen LogP contribution < -0.4 is 15.0 Å². The Hall–Kier alpha value is -3.05. The topological polar surface area (TPSA) is 109 Å². The van der Waals surface area contributed by atoms with E-state index in [2.05, 4.69) is 25.0 Å². The number of aliphatic hydroxyl groups excluding tert-OH is 1. The first kappa shape index (κ1) is 22.7. The molecule has 0 unspecified atom stereocenters. The van der Waals surface area contributed by atoms with E-state index >= 15 is 0 Å². The molecule has 9 nitrogen and oxygen atoms in total. The Labute approximate surface area is 195 Å². The number of hydrogen-bond acceptors (Lipinski definition) is 8. The predicted octanol–water partition coefficient (Wildman–Crippen LogP) is 2.95. The smallest absolute Gasteiger partial charge is 0.387 e. The zero-order valence-corrected chi connectivity index (χ0v) is 19.0. The maximum absolute atomic E-state index is 12.7. The number of benzene rings is 1. The maximum Gasteiger partial charge on any atom is 0.387 e. The third kappa shape index (κ3) is 4.76. The molecule has 1 saturated heterocycles. The second-order valence-corrected chi connectivity index (χ2v) is 9.79. The molecule has 1 aliphatic heterocycles. The summed E-state index contributed by atoms with van der Waals surface area (Å²) < 4.78 is 31.5. The molecule has 5 rings (SSSR count). The van der Waals surface area contributed by atoms with Crippen LogP contribution >= 0.6 is 0 Å². The fourth-order valence-corrected chi connectivity index (χ4v) is 4.65. The second-order valence-electron chi connectivity index (χ2n) is 9.79. The number of ether oxygens (including phenoxy) is 1. The molecule has 2 fully saturated rings. The van der Waals surface area contributed by atoms with Crippen molar-refractivity contribution in [1.82, 2.24) is 19.7 Å². The van der Waals surface area contributed by atoms with E-state index < -0.39 is 12.2 Å². The van der Waals surface area contributed by atoms with Gasteiger partial charge in [-0.2, -0.15) is 23.8 Å². The van der Waals surface area contributed by atoms with Crippen LogP contribution in [0.4, 0.5) is 20.5 Å². The summed E-state index contributed by atoms with van der Waals surface area (Å²) in [5.41, 5.74) is 0.338.